The number of pyridine rings is 1. The van der Waals surface area contributed by atoms with E-state index in [1.807, 2.05) is 32.2 Å². The SMILES string of the molecule is CC1(C)CC(N2CCCc3cc(C#N)cc(-c4ccnc5cc(CO[Si](C)(C)C(C)(C)C)sc45)c32)CN1S(=O)(=O)C(C)(C)C. The van der Waals surface area contributed by atoms with Crippen LogP contribution < -0.4 is 4.90 Å². The van der Waals surface area contributed by atoms with Crippen molar-refractivity contribution in [2.24, 2.45) is 0 Å². The largest absolute Gasteiger partial charge is 0.412 e. The highest BCUT2D eigenvalue weighted by Gasteiger charge is 2.51. The summed E-state index contributed by atoms with van der Waals surface area (Å²) in [5.74, 6) is 0. The fourth-order valence-corrected chi connectivity index (χ4v) is 10.2. The summed E-state index contributed by atoms with van der Waals surface area (Å²) in [5, 5.41) is 10.2. The van der Waals surface area contributed by atoms with Crippen LogP contribution in [-0.4, -0.2) is 55.4 Å². The quantitative estimate of drug-likeness (QED) is 0.250. The zero-order valence-corrected chi connectivity index (χ0v) is 30.7. The standard InChI is InChI=1S/C34H48N4O3S2Si/c1-32(2,3)43(39,40)38-21-25(19-34(38,7)8)37-15-11-12-24-16-23(20-35)17-28(30(24)37)27-13-14-36-29-18-26(42-31(27)29)22-41-44(9,10)33(4,5)6/h13-14,16-18,25H,11-12,15,19,21-22H2,1-10H3. The Labute approximate surface area is 269 Å². The second-order valence-electron chi connectivity index (χ2n) is 15.6. The number of nitrogens with zero attached hydrogens (tertiary/aromatic N) is 4. The Hall–Kier alpha value is -2.29. The molecule has 1 saturated heterocycles. The average molecular weight is 653 g/mol. The number of nitriles is 1. The van der Waals surface area contributed by atoms with Crippen molar-refractivity contribution in [3.8, 4) is 17.2 Å². The minimum Gasteiger partial charge on any atom is -0.412 e. The minimum absolute atomic E-state index is 0.0297. The van der Waals surface area contributed by atoms with E-state index in [0.717, 1.165) is 63.3 Å². The molecular formula is C34H48N4O3S2Si. The molecule has 1 aromatic carbocycles. The number of anilines is 1. The first-order valence-electron chi connectivity index (χ1n) is 15.6. The van der Waals surface area contributed by atoms with Gasteiger partial charge in [0, 0.05) is 52.6 Å². The van der Waals surface area contributed by atoms with E-state index in [0.29, 0.717) is 18.7 Å². The number of aromatic nitrogens is 1. The van der Waals surface area contributed by atoms with E-state index in [-0.39, 0.29) is 11.1 Å². The summed E-state index contributed by atoms with van der Waals surface area (Å²) < 4.78 is 35.9. The van der Waals surface area contributed by atoms with Crippen LogP contribution in [-0.2, 0) is 27.5 Å². The Balaban J connectivity index is 1.58. The maximum Gasteiger partial charge on any atom is 0.219 e. The number of fused-ring (bicyclic) bond motifs is 2. The molecule has 0 aliphatic carbocycles. The molecule has 1 unspecified atom stereocenters. The summed E-state index contributed by atoms with van der Waals surface area (Å²) in [6.45, 7) is 22.6. The number of hydrogen-bond donors (Lipinski definition) is 0. The summed E-state index contributed by atoms with van der Waals surface area (Å²) in [6, 6.07) is 10.7. The highest BCUT2D eigenvalue weighted by Crippen LogP contribution is 2.47. The van der Waals surface area contributed by atoms with E-state index in [2.05, 4.69) is 57.0 Å². The molecule has 10 heteroatoms. The Bertz CT molecular complexity index is 1730. The lowest BCUT2D eigenvalue weighted by molar-refractivity contribution is 0.279. The van der Waals surface area contributed by atoms with Crippen molar-refractivity contribution in [2.75, 3.05) is 18.0 Å². The summed E-state index contributed by atoms with van der Waals surface area (Å²) in [5.41, 5.74) is 5.46. The van der Waals surface area contributed by atoms with Gasteiger partial charge in [-0.15, -0.1) is 11.3 Å². The van der Waals surface area contributed by atoms with Crippen LogP contribution in [0.25, 0.3) is 21.3 Å². The maximum absolute atomic E-state index is 13.7. The van der Waals surface area contributed by atoms with E-state index < -0.39 is 28.6 Å². The number of benzene rings is 1. The van der Waals surface area contributed by atoms with Crippen LogP contribution in [0.3, 0.4) is 0 Å². The predicted molar refractivity (Wildman–Crippen MR) is 185 cm³/mol. The Morgan fingerprint density at radius 1 is 1.14 bits per heavy atom. The number of hydrogen-bond acceptors (Lipinski definition) is 7. The molecule has 7 nitrogen and oxygen atoms in total. The molecule has 0 bridgehead atoms. The molecule has 2 aromatic heterocycles. The molecule has 0 amide bonds. The monoisotopic (exact) mass is 652 g/mol. The molecule has 1 atom stereocenters. The molecule has 4 heterocycles. The average Bonchev–Trinajstić information content (AvgIpc) is 3.49. The lowest BCUT2D eigenvalue weighted by Gasteiger charge is -2.38. The van der Waals surface area contributed by atoms with Gasteiger partial charge in [0.25, 0.3) is 0 Å². The molecule has 0 N–H and O–H groups in total. The van der Waals surface area contributed by atoms with Crippen LogP contribution in [0.15, 0.2) is 30.5 Å². The number of rotatable bonds is 6. The second-order valence-corrected chi connectivity index (χ2v) is 24.2. The first kappa shape index (κ1) is 33.1. The van der Waals surface area contributed by atoms with Crippen LogP contribution in [0.5, 0.6) is 0 Å². The van der Waals surface area contributed by atoms with Gasteiger partial charge in [-0.25, -0.2) is 8.42 Å². The lowest BCUT2D eigenvalue weighted by Crippen LogP contribution is -2.50. The molecule has 238 valence electrons. The van der Waals surface area contributed by atoms with E-state index in [4.69, 9.17) is 9.41 Å². The molecule has 1 fully saturated rings. The van der Waals surface area contributed by atoms with Crippen LogP contribution in [0.2, 0.25) is 18.1 Å². The van der Waals surface area contributed by atoms with Crippen molar-refractivity contribution in [1.82, 2.24) is 9.29 Å². The van der Waals surface area contributed by atoms with E-state index in [1.54, 1.807) is 36.4 Å². The summed E-state index contributed by atoms with van der Waals surface area (Å²) in [7, 11) is -5.43. The van der Waals surface area contributed by atoms with Crippen LogP contribution >= 0.6 is 11.3 Å². The molecule has 2 aliphatic rings. The first-order valence-corrected chi connectivity index (χ1v) is 20.8. The minimum atomic E-state index is -3.51. The van der Waals surface area contributed by atoms with Crippen molar-refractivity contribution in [2.45, 2.75) is 116 Å². The van der Waals surface area contributed by atoms with Gasteiger partial charge in [-0.3, -0.25) is 4.98 Å². The third kappa shape index (κ3) is 5.87. The zero-order chi connectivity index (χ0) is 32.5. The van der Waals surface area contributed by atoms with Gasteiger partial charge < -0.3 is 9.33 Å². The molecule has 5 rings (SSSR count). The lowest BCUT2D eigenvalue weighted by atomic mass is 9.90. The van der Waals surface area contributed by atoms with Crippen LogP contribution in [0.1, 0.15) is 84.2 Å². The normalized spacial score (nSPS) is 19.8. The van der Waals surface area contributed by atoms with Crippen molar-refractivity contribution in [3.63, 3.8) is 0 Å². The number of thiophene rings is 1. The van der Waals surface area contributed by atoms with E-state index in [9.17, 15) is 13.7 Å². The van der Waals surface area contributed by atoms with Crippen molar-refractivity contribution in [1.29, 1.82) is 5.26 Å². The first-order chi connectivity index (χ1) is 20.3. The summed E-state index contributed by atoms with van der Waals surface area (Å²) in [4.78, 5) is 8.31. The zero-order valence-electron chi connectivity index (χ0n) is 28.0. The Morgan fingerprint density at radius 2 is 1.84 bits per heavy atom. The predicted octanol–water partition coefficient (Wildman–Crippen LogP) is 8.09. The fraction of sp³-hybridized carbons (Fsp3) is 0.588. The van der Waals surface area contributed by atoms with Crippen LogP contribution in [0, 0.1) is 11.3 Å². The third-order valence-corrected chi connectivity index (χ3v) is 18.3. The molecule has 0 saturated carbocycles. The molecule has 0 radical (unpaired) electrons. The van der Waals surface area contributed by atoms with Gasteiger partial charge >= 0.3 is 0 Å². The third-order valence-electron chi connectivity index (χ3n) is 9.88. The smallest absolute Gasteiger partial charge is 0.219 e. The summed E-state index contributed by atoms with van der Waals surface area (Å²) >= 11 is 1.72. The van der Waals surface area contributed by atoms with Gasteiger partial charge in [0.15, 0.2) is 8.32 Å². The molecule has 2 aliphatic heterocycles. The topological polar surface area (TPSA) is 86.5 Å². The Kier molecular flexibility index (Phi) is 8.42. The van der Waals surface area contributed by atoms with Crippen molar-refractivity contribution >= 4 is 45.6 Å². The van der Waals surface area contributed by atoms with Gasteiger partial charge in [-0.2, -0.15) is 9.57 Å². The van der Waals surface area contributed by atoms with Crippen molar-refractivity contribution in [3.05, 3.63) is 46.5 Å². The fourth-order valence-electron chi connectivity index (χ4n) is 6.29. The highest BCUT2D eigenvalue weighted by atomic mass is 32.2. The van der Waals surface area contributed by atoms with Gasteiger partial charge in [0.05, 0.1) is 33.2 Å². The van der Waals surface area contributed by atoms with Crippen LogP contribution in [0.4, 0.5) is 5.69 Å². The molecule has 44 heavy (non-hydrogen) atoms. The van der Waals surface area contributed by atoms with Gasteiger partial charge in [-0.1, -0.05) is 20.8 Å². The number of aryl methyl sites for hydroxylation is 1. The van der Waals surface area contributed by atoms with E-state index >= 15 is 0 Å². The van der Waals surface area contributed by atoms with Gasteiger partial charge in [-0.05, 0) is 102 Å². The van der Waals surface area contributed by atoms with E-state index in [1.165, 1.54) is 0 Å². The molecule has 0 spiro atoms. The Morgan fingerprint density at radius 3 is 2.48 bits per heavy atom. The second kappa shape index (κ2) is 11.2. The summed E-state index contributed by atoms with van der Waals surface area (Å²) in [6.07, 6.45) is 4.45. The van der Waals surface area contributed by atoms with Crippen molar-refractivity contribution < 1.29 is 12.8 Å². The highest BCUT2D eigenvalue weighted by molar-refractivity contribution is 7.90. The molecular weight excluding hydrogens is 605 g/mol. The molecule has 3 aromatic rings. The number of sulfonamides is 1. The maximum atomic E-state index is 13.7. The van der Waals surface area contributed by atoms with Gasteiger partial charge in [0.1, 0.15) is 0 Å². The van der Waals surface area contributed by atoms with Gasteiger partial charge in [0.2, 0.25) is 10.0 Å².